The van der Waals surface area contributed by atoms with Crippen LogP contribution in [-0.2, 0) is 6.42 Å². The molecular formula is C25H25FN6O2. The van der Waals surface area contributed by atoms with Gasteiger partial charge in [0, 0.05) is 46.7 Å². The van der Waals surface area contributed by atoms with E-state index in [2.05, 4.69) is 30.6 Å². The molecule has 3 N–H and O–H groups in total. The van der Waals surface area contributed by atoms with Crippen molar-refractivity contribution in [2.45, 2.75) is 20.3 Å². The van der Waals surface area contributed by atoms with E-state index in [9.17, 15) is 9.18 Å². The minimum absolute atomic E-state index is 0.209. The highest BCUT2D eigenvalue weighted by Crippen LogP contribution is 2.23. The van der Waals surface area contributed by atoms with Crippen LogP contribution >= 0.6 is 0 Å². The number of carbonyl (C=O) groups is 1. The summed E-state index contributed by atoms with van der Waals surface area (Å²) in [7, 11) is 1.63. The highest BCUT2D eigenvalue weighted by Gasteiger charge is 2.12. The third-order valence-electron chi connectivity index (χ3n) is 5.18. The van der Waals surface area contributed by atoms with Crippen LogP contribution in [0.4, 0.5) is 10.3 Å². The second-order valence-electron chi connectivity index (χ2n) is 7.77. The van der Waals surface area contributed by atoms with E-state index in [1.54, 1.807) is 7.11 Å². The maximum atomic E-state index is 13.2. The van der Waals surface area contributed by atoms with E-state index in [1.807, 2.05) is 44.3 Å². The van der Waals surface area contributed by atoms with Gasteiger partial charge in [0.25, 0.3) is 5.91 Å². The van der Waals surface area contributed by atoms with Crippen LogP contribution in [0.1, 0.15) is 27.3 Å². The van der Waals surface area contributed by atoms with Crippen molar-refractivity contribution in [3.05, 3.63) is 83.1 Å². The second-order valence-corrected chi connectivity index (χ2v) is 7.77. The molecule has 0 radical (unpaired) electrons. The van der Waals surface area contributed by atoms with Crippen molar-refractivity contribution in [1.29, 1.82) is 0 Å². The fourth-order valence-corrected chi connectivity index (χ4v) is 3.57. The number of carbonyl (C=O) groups excluding carboxylic acids is 1. The van der Waals surface area contributed by atoms with Crippen LogP contribution in [-0.4, -0.2) is 40.5 Å². The number of aryl methyl sites for hydroxylation is 2. The summed E-state index contributed by atoms with van der Waals surface area (Å²) < 4.78 is 18.5. The fourth-order valence-electron chi connectivity index (χ4n) is 3.57. The standard InChI is InChI=1S/C25H25FN6O2/c1-15-12-16(2)30-25(29-15)32-24(31-23(33)17-4-6-19(26)7-5-17)27-11-10-18-14-28-22-13-20(34-3)8-9-21(18)22/h4-9,12-14,28H,10-11H2,1-3H3,(H2,27,29,30,31,32,33). The lowest BCUT2D eigenvalue weighted by atomic mass is 10.1. The van der Waals surface area contributed by atoms with Crippen molar-refractivity contribution in [2.75, 3.05) is 19.0 Å². The summed E-state index contributed by atoms with van der Waals surface area (Å²) in [6.07, 6.45) is 2.58. The number of guanidine groups is 1. The summed E-state index contributed by atoms with van der Waals surface area (Å²) in [6, 6.07) is 13.0. The number of fused-ring (bicyclic) bond motifs is 1. The number of aromatic amines is 1. The lowest BCUT2D eigenvalue weighted by Gasteiger charge is -2.11. The van der Waals surface area contributed by atoms with Gasteiger partial charge in [-0.2, -0.15) is 0 Å². The van der Waals surface area contributed by atoms with Gasteiger partial charge in [0.15, 0.2) is 0 Å². The summed E-state index contributed by atoms with van der Waals surface area (Å²) in [5.74, 6) is 0.483. The first-order valence-corrected chi connectivity index (χ1v) is 10.8. The first-order valence-electron chi connectivity index (χ1n) is 10.8. The van der Waals surface area contributed by atoms with Gasteiger partial charge in [-0.05, 0) is 68.3 Å². The van der Waals surface area contributed by atoms with Crippen LogP contribution < -0.4 is 15.4 Å². The van der Waals surface area contributed by atoms with Crippen molar-refractivity contribution >= 4 is 28.7 Å². The first kappa shape index (κ1) is 22.9. The quantitative estimate of drug-likeness (QED) is 0.296. The number of hydrogen-bond donors (Lipinski definition) is 3. The van der Waals surface area contributed by atoms with Crippen LogP contribution in [0.25, 0.3) is 10.9 Å². The minimum atomic E-state index is -0.421. The molecule has 0 aliphatic carbocycles. The number of halogens is 1. The van der Waals surface area contributed by atoms with E-state index in [1.165, 1.54) is 24.3 Å². The second kappa shape index (κ2) is 10.1. The third kappa shape index (κ3) is 5.55. The predicted molar refractivity (Wildman–Crippen MR) is 130 cm³/mol. The normalized spacial score (nSPS) is 11.5. The Labute approximate surface area is 196 Å². The molecule has 0 unspecified atom stereocenters. The Morgan fingerprint density at radius 2 is 1.82 bits per heavy atom. The van der Waals surface area contributed by atoms with E-state index in [0.717, 1.165) is 33.6 Å². The molecule has 2 aromatic heterocycles. The van der Waals surface area contributed by atoms with Crippen molar-refractivity contribution in [3.63, 3.8) is 0 Å². The largest absolute Gasteiger partial charge is 0.497 e. The molecule has 4 rings (SSSR count). The van der Waals surface area contributed by atoms with Gasteiger partial charge in [-0.25, -0.2) is 14.4 Å². The van der Waals surface area contributed by atoms with Gasteiger partial charge in [0.05, 0.1) is 7.11 Å². The van der Waals surface area contributed by atoms with Crippen LogP contribution in [0.15, 0.2) is 59.7 Å². The molecule has 34 heavy (non-hydrogen) atoms. The van der Waals surface area contributed by atoms with E-state index in [0.29, 0.717) is 24.5 Å². The Morgan fingerprint density at radius 3 is 2.53 bits per heavy atom. The molecule has 0 aliphatic rings. The molecule has 9 heteroatoms. The molecule has 0 bridgehead atoms. The van der Waals surface area contributed by atoms with Crippen molar-refractivity contribution < 1.29 is 13.9 Å². The molecule has 0 saturated carbocycles. The molecule has 0 atom stereocenters. The zero-order valence-electron chi connectivity index (χ0n) is 19.1. The van der Waals surface area contributed by atoms with Gasteiger partial charge in [-0.1, -0.05) is 0 Å². The molecule has 8 nitrogen and oxygen atoms in total. The monoisotopic (exact) mass is 460 g/mol. The molecule has 0 fully saturated rings. The maximum Gasteiger partial charge on any atom is 0.257 e. The number of amides is 1. The number of ether oxygens (including phenoxy) is 1. The molecule has 0 aliphatic heterocycles. The Hall–Kier alpha value is -4.27. The average Bonchev–Trinajstić information content (AvgIpc) is 3.20. The number of nitrogens with zero attached hydrogens (tertiary/aromatic N) is 3. The zero-order chi connectivity index (χ0) is 24.1. The highest BCUT2D eigenvalue weighted by molar-refractivity contribution is 6.09. The van der Waals surface area contributed by atoms with Crippen molar-refractivity contribution in [1.82, 2.24) is 20.3 Å². The van der Waals surface area contributed by atoms with Crippen LogP contribution in [0.3, 0.4) is 0 Å². The minimum Gasteiger partial charge on any atom is -0.497 e. The van der Waals surface area contributed by atoms with Gasteiger partial charge in [-0.15, -0.1) is 0 Å². The van der Waals surface area contributed by atoms with Crippen molar-refractivity contribution in [2.24, 2.45) is 4.99 Å². The molecule has 2 heterocycles. The van der Waals surface area contributed by atoms with Crippen molar-refractivity contribution in [3.8, 4) is 5.75 Å². The molecule has 174 valence electrons. The molecular weight excluding hydrogens is 435 g/mol. The summed E-state index contributed by atoms with van der Waals surface area (Å²) >= 11 is 0. The Morgan fingerprint density at radius 1 is 1.09 bits per heavy atom. The number of rotatable bonds is 6. The van der Waals surface area contributed by atoms with Crippen LogP contribution in [0.2, 0.25) is 0 Å². The highest BCUT2D eigenvalue weighted by atomic mass is 19.1. The summed E-state index contributed by atoms with van der Waals surface area (Å²) in [5.41, 5.74) is 3.95. The zero-order valence-corrected chi connectivity index (χ0v) is 19.1. The number of methoxy groups -OCH3 is 1. The number of H-pyrrole nitrogens is 1. The Balaban J connectivity index is 1.53. The van der Waals surface area contributed by atoms with E-state index >= 15 is 0 Å². The lowest BCUT2D eigenvalue weighted by molar-refractivity contribution is 0.0977. The number of benzene rings is 2. The SMILES string of the molecule is COc1ccc2c(CCN=C(NC(=O)c3ccc(F)cc3)Nc3nc(C)cc(C)n3)c[nH]c2c1. The van der Waals surface area contributed by atoms with E-state index in [4.69, 9.17) is 4.74 Å². The summed E-state index contributed by atoms with van der Waals surface area (Å²) in [4.78, 5) is 29.2. The first-order chi connectivity index (χ1) is 16.4. The van der Waals surface area contributed by atoms with Gasteiger partial charge in [0.1, 0.15) is 11.6 Å². The Bertz CT molecular complexity index is 1330. The predicted octanol–water partition coefficient (Wildman–Crippen LogP) is 4.16. The van der Waals surface area contributed by atoms with Gasteiger partial charge < -0.3 is 9.72 Å². The molecule has 1 amide bonds. The third-order valence-corrected chi connectivity index (χ3v) is 5.18. The van der Waals surface area contributed by atoms with Gasteiger partial charge >= 0.3 is 0 Å². The molecule has 0 saturated heterocycles. The number of aromatic nitrogens is 3. The molecule has 2 aromatic carbocycles. The number of aliphatic imine (C=N–C) groups is 1. The maximum absolute atomic E-state index is 13.2. The molecule has 0 spiro atoms. The number of hydrogen-bond acceptors (Lipinski definition) is 5. The van der Waals surface area contributed by atoms with E-state index < -0.39 is 11.7 Å². The average molecular weight is 461 g/mol. The fraction of sp³-hybridized carbons (Fsp3) is 0.200. The van der Waals surface area contributed by atoms with Gasteiger partial charge in [-0.3, -0.25) is 20.4 Å². The van der Waals surface area contributed by atoms with Crippen LogP contribution in [0, 0.1) is 19.7 Å². The topological polar surface area (TPSA) is 104 Å². The smallest absolute Gasteiger partial charge is 0.257 e. The molecule has 4 aromatic rings. The van der Waals surface area contributed by atoms with Gasteiger partial charge in [0.2, 0.25) is 11.9 Å². The summed E-state index contributed by atoms with van der Waals surface area (Å²) in [6.45, 7) is 4.12. The number of anilines is 1. The lowest BCUT2D eigenvalue weighted by Crippen LogP contribution is -2.37. The number of nitrogens with one attached hydrogen (secondary N) is 3. The Kier molecular flexibility index (Phi) is 6.82. The van der Waals surface area contributed by atoms with E-state index in [-0.39, 0.29) is 5.96 Å². The summed E-state index contributed by atoms with van der Waals surface area (Å²) in [5, 5.41) is 6.83. The van der Waals surface area contributed by atoms with Crippen LogP contribution in [0.5, 0.6) is 5.75 Å².